The van der Waals surface area contributed by atoms with Crippen molar-refractivity contribution in [1.82, 2.24) is 10.2 Å². The van der Waals surface area contributed by atoms with Crippen molar-refractivity contribution in [2.75, 3.05) is 32.7 Å². The lowest BCUT2D eigenvalue weighted by Crippen LogP contribution is -2.32. The Kier molecular flexibility index (Phi) is 16.2. The summed E-state index contributed by atoms with van der Waals surface area (Å²) in [6, 6.07) is 0. The summed E-state index contributed by atoms with van der Waals surface area (Å²) in [5.74, 6) is 0. The van der Waals surface area contributed by atoms with Crippen LogP contribution >= 0.6 is 0 Å². The molecule has 0 aromatic rings. The van der Waals surface area contributed by atoms with Crippen molar-refractivity contribution in [3.8, 4) is 0 Å². The third-order valence-electron chi connectivity index (χ3n) is 4.70. The van der Waals surface area contributed by atoms with Crippen LogP contribution in [0, 0.1) is 0 Å². The number of nitrogens with one attached hydrogen (secondary N) is 1. The Morgan fingerprint density at radius 2 is 1.77 bits per heavy atom. The number of rotatable bonds is 12. The van der Waals surface area contributed by atoms with Gasteiger partial charge in [0.05, 0.1) is 6.42 Å². The highest BCUT2D eigenvalue weighted by Crippen LogP contribution is 2.23. The number of nitrogens with zero attached hydrogens (tertiary/aromatic N) is 1. The van der Waals surface area contributed by atoms with Crippen molar-refractivity contribution in [1.29, 1.82) is 0 Å². The highest BCUT2D eigenvalue weighted by Gasteiger charge is 2.24. The molecule has 0 radical (unpaired) electrons. The van der Waals surface area contributed by atoms with Crippen LogP contribution < -0.4 is 5.32 Å². The molecule has 5 heteroatoms. The van der Waals surface area contributed by atoms with Crippen LogP contribution in [0.1, 0.15) is 60.3 Å². The van der Waals surface area contributed by atoms with Crippen molar-refractivity contribution < 1.29 is 13.2 Å². The summed E-state index contributed by atoms with van der Waals surface area (Å²) in [4.78, 5) is 2.39. The van der Waals surface area contributed by atoms with Gasteiger partial charge >= 0.3 is 6.18 Å². The van der Waals surface area contributed by atoms with E-state index in [0.29, 0.717) is 6.42 Å². The summed E-state index contributed by atoms with van der Waals surface area (Å²) in [7, 11) is 0. The summed E-state index contributed by atoms with van der Waals surface area (Å²) >= 11 is 0. The third kappa shape index (κ3) is 13.6. The molecule has 0 aromatic heterocycles. The van der Waals surface area contributed by atoms with Crippen molar-refractivity contribution >= 4 is 0 Å². The summed E-state index contributed by atoms with van der Waals surface area (Å²) in [5, 5.41) is 3.49. The van der Waals surface area contributed by atoms with Gasteiger partial charge in [0.2, 0.25) is 0 Å². The summed E-state index contributed by atoms with van der Waals surface area (Å²) in [5.41, 5.74) is 3.43. The molecule has 0 unspecified atom stereocenters. The van der Waals surface area contributed by atoms with E-state index < -0.39 is 12.6 Å². The predicted molar refractivity (Wildman–Crippen MR) is 125 cm³/mol. The molecule has 1 rings (SSSR count). The molecule has 172 valence electrons. The van der Waals surface area contributed by atoms with Gasteiger partial charge in [-0.25, -0.2) is 0 Å². The van der Waals surface area contributed by atoms with E-state index in [4.69, 9.17) is 0 Å². The number of allylic oxidation sites excluding steroid dienone is 8. The van der Waals surface area contributed by atoms with Crippen molar-refractivity contribution in [2.45, 2.75) is 66.5 Å². The Balaban J connectivity index is 0.00000407. The summed E-state index contributed by atoms with van der Waals surface area (Å²) in [6.45, 7) is 15.4. The number of hydrogen-bond donors (Lipinski definition) is 1. The Morgan fingerprint density at radius 3 is 2.37 bits per heavy atom. The SMILES string of the molecule is CC.CC/C=C(\C/C=C\CC(F)(F)F)C1=CCC=C(CNCCN(CC)CC)C=C1. The number of hydrogen-bond acceptors (Lipinski definition) is 2. The zero-order valence-corrected chi connectivity index (χ0v) is 19.5. The van der Waals surface area contributed by atoms with Crippen LogP contribution in [0.2, 0.25) is 0 Å². The molecule has 0 aromatic carbocycles. The van der Waals surface area contributed by atoms with E-state index in [1.54, 1.807) is 6.08 Å². The standard InChI is InChI=1S/C23H35F3N2.C2H6/c1-4-10-21(12-7-8-16-23(24,25)26)22-13-9-11-20(14-15-22)19-27-17-18-28(5-2)6-3;1-2/h7-8,10-11,13-15,27H,4-6,9,12,16-19H2,1-3H3;1-2H3/b8-7-,21-10+;. The number of likely N-dealkylation sites (N-methyl/N-ethyl adjacent to an activating group) is 1. The van der Waals surface area contributed by atoms with Crippen LogP contribution in [0.3, 0.4) is 0 Å². The minimum atomic E-state index is -4.14. The van der Waals surface area contributed by atoms with Gasteiger partial charge in [0.1, 0.15) is 0 Å². The number of halogens is 3. The molecule has 0 heterocycles. The van der Waals surface area contributed by atoms with E-state index in [9.17, 15) is 13.2 Å². The topological polar surface area (TPSA) is 15.3 Å². The van der Waals surface area contributed by atoms with Crippen molar-refractivity contribution in [3.63, 3.8) is 0 Å². The largest absolute Gasteiger partial charge is 0.392 e. The molecule has 0 amide bonds. The predicted octanol–water partition coefficient (Wildman–Crippen LogP) is 6.99. The average molecular weight is 427 g/mol. The second kappa shape index (κ2) is 17.1. The zero-order chi connectivity index (χ0) is 22.8. The first-order valence-electron chi connectivity index (χ1n) is 11.3. The molecule has 0 saturated heterocycles. The highest BCUT2D eigenvalue weighted by atomic mass is 19.4. The summed E-state index contributed by atoms with van der Waals surface area (Å²) < 4.78 is 36.9. The van der Waals surface area contributed by atoms with Crippen LogP contribution in [-0.2, 0) is 0 Å². The zero-order valence-electron chi connectivity index (χ0n) is 19.5. The van der Waals surface area contributed by atoms with E-state index in [1.807, 2.05) is 20.8 Å². The molecule has 0 saturated carbocycles. The molecule has 30 heavy (non-hydrogen) atoms. The maximum Gasteiger partial charge on any atom is 0.392 e. The van der Waals surface area contributed by atoms with Gasteiger partial charge in [-0.3, -0.25) is 0 Å². The van der Waals surface area contributed by atoms with Gasteiger partial charge in [0, 0.05) is 19.6 Å². The van der Waals surface area contributed by atoms with Crippen LogP contribution in [-0.4, -0.2) is 43.8 Å². The van der Waals surface area contributed by atoms with Gasteiger partial charge in [-0.05, 0) is 49.1 Å². The smallest absolute Gasteiger partial charge is 0.311 e. The molecule has 1 aliphatic carbocycles. The number of alkyl halides is 3. The first-order chi connectivity index (χ1) is 14.4. The van der Waals surface area contributed by atoms with Crippen LogP contribution in [0.4, 0.5) is 13.2 Å². The molecule has 0 aliphatic heterocycles. The van der Waals surface area contributed by atoms with E-state index in [2.05, 4.69) is 54.4 Å². The Bertz CT molecular complexity index is 592. The monoisotopic (exact) mass is 426 g/mol. The second-order valence-electron chi connectivity index (χ2n) is 6.84. The molecule has 1 aliphatic rings. The molecule has 0 fully saturated rings. The van der Waals surface area contributed by atoms with Crippen LogP contribution in [0.5, 0.6) is 0 Å². The van der Waals surface area contributed by atoms with E-state index in [1.165, 1.54) is 11.6 Å². The minimum Gasteiger partial charge on any atom is -0.311 e. The molecule has 1 N–H and O–H groups in total. The molecule has 2 nitrogen and oxygen atoms in total. The third-order valence-corrected chi connectivity index (χ3v) is 4.70. The quantitative estimate of drug-likeness (QED) is 0.267. The molecule has 0 atom stereocenters. The second-order valence-corrected chi connectivity index (χ2v) is 6.84. The molecular weight excluding hydrogens is 385 g/mol. The molecular formula is C25H41F3N2. The fraction of sp³-hybridized carbons (Fsp3) is 0.600. The minimum absolute atomic E-state index is 0.525. The maximum absolute atomic E-state index is 12.3. The van der Waals surface area contributed by atoms with Gasteiger partial charge in [0.25, 0.3) is 0 Å². The Labute approximate surface area is 182 Å². The Morgan fingerprint density at radius 1 is 1.07 bits per heavy atom. The van der Waals surface area contributed by atoms with Gasteiger partial charge in [0.15, 0.2) is 0 Å². The van der Waals surface area contributed by atoms with E-state index in [-0.39, 0.29) is 0 Å². The first kappa shape index (κ1) is 28.4. The molecule has 0 spiro atoms. The molecule has 0 bridgehead atoms. The van der Waals surface area contributed by atoms with Gasteiger partial charge in [-0.1, -0.05) is 77.2 Å². The Hall–Kier alpha value is -1.59. The summed E-state index contributed by atoms with van der Waals surface area (Å²) in [6.07, 6.45) is 10.7. The highest BCUT2D eigenvalue weighted by molar-refractivity contribution is 5.45. The van der Waals surface area contributed by atoms with Crippen molar-refractivity contribution in [2.24, 2.45) is 0 Å². The fourth-order valence-corrected chi connectivity index (χ4v) is 3.04. The normalized spacial score (nSPS) is 15.0. The fourth-order valence-electron chi connectivity index (χ4n) is 3.04. The lowest BCUT2D eigenvalue weighted by Gasteiger charge is -2.18. The lowest BCUT2D eigenvalue weighted by atomic mass is 10.00. The van der Waals surface area contributed by atoms with Gasteiger partial charge in [-0.15, -0.1) is 0 Å². The van der Waals surface area contributed by atoms with Gasteiger partial charge in [-0.2, -0.15) is 13.2 Å². The van der Waals surface area contributed by atoms with E-state index >= 15 is 0 Å². The maximum atomic E-state index is 12.3. The van der Waals surface area contributed by atoms with Crippen LogP contribution in [0.25, 0.3) is 0 Å². The average Bonchev–Trinajstić information content (AvgIpc) is 2.97. The van der Waals surface area contributed by atoms with E-state index in [0.717, 1.165) is 56.7 Å². The van der Waals surface area contributed by atoms with Gasteiger partial charge < -0.3 is 10.2 Å². The van der Waals surface area contributed by atoms with Crippen molar-refractivity contribution in [3.05, 3.63) is 59.3 Å². The van der Waals surface area contributed by atoms with Crippen LogP contribution in [0.15, 0.2) is 59.3 Å². The lowest BCUT2D eigenvalue weighted by molar-refractivity contribution is -0.125. The first-order valence-corrected chi connectivity index (χ1v) is 11.3.